The summed E-state index contributed by atoms with van der Waals surface area (Å²) in [6.07, 6.45) is 6.57. The quantitative estimate of drug-likeness (QED) is 0.824. The van der Waals surface area contributed by atoms with Crippen LogP contribution < -0.4 is 5.32 Å². The molecule has 1 aromatic carbocycles. The molecule has 0 radical (unpaired) electrons. The predicted molar refractivity (Wildman–Crippen MR) is 78.6 cm³/mol. The number of nitriles is 1. The van der Waals surface area contributed by atoms with Crippen molar-refractivity contribution in [2.45, 2.75) is 45.6 Å². The third-order valence-electron chi connectivity index (χ3n) is 4.37. The minimum Gasteiger partial charge on any atom is -0.313 e. The van der Waals surface area contributed by atoms with Crippen LogP contribution in [0.25, 0.3) is 0 Å². The average molecular weight is 274 g/mol. The summed E-state index contributed by atoms with van der Waals surface area (Å²) in [7, 11) is 0. The number of hydrogen-bond donors (Lipinski definition) is 1. The molecule has 1 aliphatic carbocycles. The van der Waals surface area contributed by atoms with E-state index in [4.69, 9.17) is 5.26 Å². The lowest BCUT2D eigenvalue weighted by molar-refractivity contribution is 0.275. The lowest BCUT2D eigenvalue weighted by Gasteiger charge is -2.26. The third kappa shape index (κ3) is 4.31. The van der Waals surface area contributed by atoms with Gasteiger partial charge in [0.25, 0.3) is 0 Å². The zero-order valence-corrected chi connectivity index (χ0v) is 12.2. The molecule has 0 bridgehead atoms. The maximum Gasteiger partial charge on any atom is 0.123 e. The van der Waals surface area contributed by atoms with E-state index in [1.807, 2.05) is 0 Å². The summed E-state index contributed by atoms with van der Waals surface area (Å²) < 4.78 is 13.2. The van der Waals surface area contributed by atoms with E-state index < -0.39 is 0 Å². The van der Waals surface area contributed by atoms with Crippen LogP contribution in [0.2, 0.25) is 0 Å². The van der Waals surface area contributed by atoms with Gasteiger partial charge < -0.3 is 5.32 Å². The molecule has 1 aliphatic rings. The topological polar surface area (TPSA) is 35.8 Å². The number of nitrogens with zero attached hydrogens (tertiary/aromatic N) is 1. The second-order valence-corrected chi connectivity index (χ2v) is 6.00. The van der Waals surface area contributed by atoms with Crippen LogP contribution in [-0.2, 0) is 6.54 Å². The van der Waals surface area contributed by atoms with Crippen molar-refractivity contribution in [1.29, 1.82) is 5.26 Å². The highest BCUT2D eigenvalue weighted by atomic mass is 19.1. The summed E-state index contributed by atoms with van der Waals surface area (Å²) in [5.74, 6) is 1.45. The summed E-state index contributed by atoms with van der Waals surface area (Å²) in [5.41, 5.74) is 1.31. The standard InChI is InChI=1S/C17H23FN2/c1-13-2-4-14(5-3-13)8-9-20-12-16-10-17(18)7-6-15(16)11-19/h6-7,10,13-14,20H,2-5,8-9,12H2,1H3. The van der Waals surface area contributed by atoms with Gasteiger partial charge in [-0.2, -0.15) is 5.26 Å². The molecule has 20 heavy (non-hydrogen) atoms. The fourth-order valence-corrected chi connectivity index (χ4v) is 2.96. The molecular formula is C17H23FN2. The van der Waals surface area contributed by atoms with Crippen molar-refractivity contribution in [2.75, 3.05) is 6.54 Å². The smallest absolute Gasteiger partial charge is 0.123 e. The minimum atomic E-state index is -0.276. The normalized spacial score (nSPS) is 22.4. The van der Waals surface area contributed by atoms with Gasteiger partial charge >= 0.3 is 0 Å². The lowest BCUT2D eigenvalue weighted by atomic mass is 9.81. The van der Waals surface area contributed by atoms with Crippen LogP contribution in [0.5, 0.6) is 0 Å². The molecule has 108 valence electrons. The van der Waals surface area contributed by atoms with Gasteiger partial charge in [-0.3, -0.25) is 0 Å². The molecule has 0 heterocycles. The van der Waals surface area contributed by atoms with Crippen LogP contribution in [0.3, 0.4) is 0 Å². The van der Waals surface area contributed by atoms with Crippen molar-refractivity contribution in [2.24, 2.45) is 11.8 Å². The van der Waals surface area contributed by atoms with Gasteiger partial charge in [0.05, 0.1) is 11.6 Å². The molecule has 0 amide bonds. The highest BCUT2D eigenvalue weighted by molar-refractivity contribution is 5.37. The Kier molecular flexibility index (Phi) is 5.55. The molecule has 1 aromatic rings. The zero-order valence-electron chi connectivity index (χ0n) is 12.2. The average Bonchev–Trinajstić information content (AvgIpc) is 2.46. The number of nitrogens with one attached hydrogen (secondary N) is 1. The van der Waals surface area contributed by atoms with Gasteiger partial charge in [0, 0.05) is 6.54 Å². The molecule has 0 aliphatic heterocycles. The van der Waals surface area contributed by atoms with Crippen molar-refractivity contribution in [3.05, 3.63) is 35.1 Å². The van der Waals surface area contributed by atoms with E-state index in [9.17, 15) is 4.39 Å². The second-order valence-electron chi connectivity index (χ2n) is 6.00. The Balaban J connectivity index is 1.73. The zero-order chi connectivity index (χ0) is 14.4. The Hall–Kier alpha value is -1.40. The number of rotatable bonds is 5. The molecule has 0 atom stereocenters. The molecule has 2 nitrogen and oxygen atoms in total. The van der Waals surface area contributed by atoms with Crippen molar-refractivity contribution in [3.8, 4) is 6.07 Å². The van der Waals surface area contributed by atoms with Crippen LogP contribution in [0.4, 0.5) is 4.39 Å². The molecule has 2 rings (SSSR count). The van der Waals surface area contributed by atoms with Crippen molar-refractivity contribution in [1.82, 2.24) is 5.32 Å². The van der Waals surface area contributed by atoms with E-state index in [0.717, 1.165) is 23.9 Å². The Bertz CT molecular complexity index is 470. The predicted octanol–water partition coefficient (Wildman–Crippen LogP) is 4.00. The first-order chi connectivity index (χ1) is 9.69. The molecule has 0 saturated heterocycles. The lowest BCUT2D eigenvalue weighted by Crippen LogP contribution is -2.21. The maximum absolute atomic E-state index is 13.2. The highest BCUT2D eigenvalue weighted by Gasteiger charge is 2.17. The first kappa shape index (κ1) is 15.0. The first-order valence-electron chi connectivity index (χ1n) is 7.58. The van der Waals surface area contributed by atoms with Crippen LogP contribution in [-0.4, -0.2) is 6.54 Å². The van der Waals surface area contributed by atoms with Crippen LogP contribution in [0.1, 0.15) is 50.2 Å². The fourth-order valence-electron chi connectivity index (χ4n) is 2.96. The largest absolute Gasteiger partial charge is 0.313 e. The Morgan fingerprint density at radius 1 is 1.30 bits per heavy atom. The Morgan fingerprint density at radius 2 is 2.05 bits per heavy atom. The van der Waals surface area contributed by atoms with Gasteiger partial charge in [-0.25, -0.2) is 4.39 Å². The van der Waals surface area contributed by atoms with Crippen LogP contribution >= 0.6 is 0 Å². The van der Waals surface area contributed by atoms with Crippen LogP contribution in [0, 0.1) is 29.0 Å². The third-order valence-corrected chi connectivity index (χ3v) is 4.37. The number of hydrogen-bond acceptors (Lipinski definition) is 2. The molecule has 1 saturated carbocycles. The first-order valence-corrected chi connectivity index (χ1v) is 7.58. The maximum atomic E-state index is 13.2. The van der Waals surface area contributed by atoms with E-state index >= 15 is 0 Å². The molecule has 0 unspecified atom stereocenters. The summed E-state index contributed by atoms with van der Waals surface area (Å²) in [5, 5.41) is 12.3. The van der Waals surface area contributed by atoms with E-state index in [1.165, 1.54) is 44.2 Å². The Morgan fingerprint density at radius 3 is 2.75 bits per heavy atom. The summed E-state index contributed by atoms with van der Waals surface area (Å²) in [6, 6.07) is 6.45. The molecule has 0 aromatic heterocycles. The van der Waals surface area contributed by atoms with Crippen molar-refractivity contribution < 1.29 is 4.39 Å². The van der Waals surface area contributed by atoms with Crippen molar-refractivity contribution in [3.63, 3.8) is 0 Å². The SMILES string of the molecule is CC1CCC(CCNCc2cc(F)ccc2C#N)CC1. The van der Waals surface area contributed by atoms with E-state index in [-0.39, 0.29) is 5.82 Å². The highest BCUT2D eigenvalue weighted by Crippen LogP contribution is 2.29. The molecule has 0 spiro atoms. The van der Waals surface area contributed by atoms with Gasteiger partial charge in [-0.1, -0.05) is 32.6 Å². The van der Waals surface area contributed by atoms with E-state index in [0.29, 0.717) is 12.1 Å². The van der Waals surface area contributed by atoms with E-state index in [1.54, 1.807) is 6.07 Å². The monoisotopic (exact) mass is 274 g/mol. The summed E-state index contributed by atoms with van der Waals surface area (Å²) >= 11 is 0. The van der Waals surface area contributed by atoms with Gasteiger partial charge in [0.2, 0.25) is 0 Å². The van der Waals surface area contributed by atoms with Gasteiger partial charge in [-0.15, -0.1) is 0 Å². The van der Waals surface area contributed by atoms with E-state index in [2.05, 4.69) is 18.3 Å². The fraction of sp³-hybridized carbons (Fsp3) is 0.588. The molecular weight excluding hydrogens is 251 g/mol. The number of halogens is 1. The second kappa shape index (κ2) is 7.40. The molecule has 1 N–H and O–H groups in total. The molecule has 3 heteroatoms. The van der Waals surface area contributed by atoms with Gasteiger partial charge in [-0.05, 0) is 48.6 Å². The molecule has 1 fully saturated rings. The van der Waals surface area contributed by atoms with Gasteiger partial charge in [0.1, 0.15) is 5.82 Å². The van der Waals surface area contributed by atoms with Crippen molar-refractivity contribution >= 4 is 0 Å². The van der Waals surface area contributed by atoms with Gasteiger partial charge in [0.15, 0.2) is 0 Å². The minimum absolute atomic E-state index is 0.276. The summed E-state index contributed by atoms with van der Waals surface area (Å²) in [4.78, 5) is 0. The number of benzene rings is 1. The Labute approximate surface area is 121 Å². The summed E-state index contributed by atoms with van der Waals surface area (Å²) in [6.45, 7) is 3.85. The van der Waals surface area contributed by atoms with Crippen LogP contribution in [0.15, 0.2) is 18.2 Å².